The van der Waals surface area contributed by atoms with E-state index in [2.05, 4.69) is 25.8 Å². The fourth-order valence-corrected chi connectivity index (χ4v) is 1.68. The van der Waals surface area contributed by atoms with E-state index in [1.807, 2.05) is 30.3 Å². The molecule has 84 valence electrons. The Bertz CT molecular complexity index is 523. The van der Waals surface area contributed by atoms with Crippen LogP contribution >= 0.6 is 0 Å². The van der Waals surface area contributed by atoms with E-state index in [1.54, 1.807) is 18.6 Å². The van der Waals surface area contributed by atoms with E-state index in [9.17, 15) is 0 Å². The van der Waals surface area contributed by atoms with Gasteiger partial charge in [-0.05, 0) is 5.56 Å². The average molecular weight is 225 g/mol. The molecule has 1 aliphatic rings. The number of hydrazine groups is 1. The first kappa shape index (κ1) is 9.92. The van der Waals surface area contributed by atoms with Crippen molar-refractivity contribution in [1.29, 1.82) is 0 Å². The standard InChI is InChI=1S/C12H11N5/c1-2-4-9(5-3-1)11-15-12(17-16-11)10-8-13-6-7-14-10/h1-8,11,16H,(H,15,17). The number of aromatic nitrogens is 2. The molecule has 2 heterocycles. The Hall–Kier alpha value is -2.27. The van der Waals surface area contributed by atoms with Gasteiger partial charge in [-0.3, -0.25) is 4.98 Å². The van der Waals surface area contributed by atoms with Crippen molar-refractivity contribution in [3.63, 3.8) is 0 Å². The van der Waals surface area contributed by atoms with Gasteiger partial charge in [-0.15, -0.1) is 0 Å². The Kier molecular flexibility index (Phi) is 2.51. The zero-order chi connectivity index (χ0) is 11.5. The van der Waals surface area contributed by atoms with Crippen LogP contribution in [0.5, 0.6) is 0 Å². The Morgan fingerprint density at radius 3 is 2.71 bits per heavy atom. The molecular formula is C12H11N5. The smallest absolute Gasteiger partial charge is 0.165 e. The van der Waals surface area contributed by atoms with Crippen LogP contribution in [0, 0.1) is 0 Å². The van der Waals surface area contributed by atoms with E-state index >= 15 is 0 Å². The summed E-state index contributed by atoms with van der Waals surface area (Å²) in [7, 11) is 0. The van der Waals surface area contributed by atoms with Crippen LogP contribution in [0.25, 0.3) is 0 Å². The maximum atomic E-state index is 4.52. The normalized spacial score (nSPS) is 18.6. The first-order valence-corrected chi connectivity index (χ1v) is 5.34. The zero-order valence-corrected chi connectivity index (χ0v) is 9.04. The van der Waals surface area contributed by atoms with Crippen molar-refractivity contribution in [2.24, 2.45) is 4.99 Å². The average Bonchev–Trinajstić information content (AvgIpc) is 2.90. The number of amidine groups is 1. The number of hydrogen-bond donors (Lipinski definition) is 2. The lowest BCUT2D eigenvalue weighted by molar-refractivity contribution is 0.575. The minimum Gasteiger partial charge on any atom is -0.302 e. The summed E-state index contributed by atoms with van der Waals surface area (Å²) >= 11 is 0. The molecule has 1 aromatic carbocycles. The molecule has 3 rings (SSSR count). The molecule has 0 saturated heterocycles. The van der Waals surface area contributed by atoms with Gasteiger partial charge in [0.2, 0.25) is 0 Å². The number of rotatable bonds is 2. The van der Waals surface area contributed by atoms with Gasteiger partial charge >= 0.3 is 0 Å². The first-order valence-electron chi connectivity index (χ1n) is 5.34. The fraction of sp³-hybridized carbons (Fsp3) is 0.0833. The molecule has 0 radical (unpaired) electrons. The second-order valence-corrected chi connectivity index (χ2v) is 3.65. The molecule has 0 spiro atoms. The second kappa shape index (κ2) is 4.31. The van der Waals surface area contributed by atoms with Crippen molar-refractivity contribution in [3.8, 4) is 0 Å². The maximum absolute atomic E-state index is 4.52. The van der Waals surface area contributed by atoms with Crippen LogP contribution in [0.3, 0.4) is 0 Å². The molecule has 0 amide bonds. The molecule has 1 aromatic heterocycles. The third-order valence-corrected chi connectivity index (χ3v) is 2.51. The zero-order valence-electron chi connectivity index (χ0n) is 9.04. The van der Waals surface area contributed by atoms with Gasteiger partial charge in [-0.1, -0.05) is 30.3 Å². The highest BCUT2D eigenvalue weighted by molar-refractivity contribution is 5.97. The van der Waals surface area contributed by atoms with Gasteiger partial charge in [0, 0.05) is 12.4 Å². The Morgan fingerprint density at radius 2 is 1.94 bits per heavy atom. The van der Waals surface area contributed by atoms with Crippen LogP contribution in [0.4, 0.5) is 0 Å². The van der Waals surface area contributed by atoms with Gasteiger partial charge in [0.25, 0.3) is 0 Å². The highest BCUT2D eigenvalue weighted by Gasteiger charge is 2.19. The SMILES string of the molecule is c1ccc(C2N=C(c3cnccn3)NN2)cc1. The van der Waals surface area contributed by atoms with Crippen LogP contribution in [0.15, 0.2) is 53.9 Å². The van der Waals surface area contributed by atoms with Gasteiger partial charge in [0.1, 0.15) is 11.9 Å². The molecule has 17 heavy (non-hydrogen) atoms. The summed E-state index contributed by atoms with van der Waals surface area (Å²) in [5.41, 5.74) is 7.96. The lowest BCUT2D eigenvalue weighted by Crippen LogP contribution is -2.32. The van der Waals surface area contributed by atoms with Crippen LogP contribution in [-0.4, -0.2) is 15.8 Å². The molecule has 0 fully saturated rings. The van der Waals surface area contributed by atoms with Crippen LogP contribution in [-0.2, 0) is 0 Å². The molecular weight excluding hydrogens is 214 g/mol. The number of nitrogens with zero attached hydrogens (tertiary/aromatic N) is 3. The van der Waals surface area contributed by atoms with Gasteiger partial charge in [0.05, 0.1) is 6.20 Å². The van der Waals surface area contributed by atoms with Crippen LogP contribution < -0.4 is 10.9 Å². The molecule has 1 atom stereocenters. The predicted molar refractivity (Wildman–Crippen MR) is 64.0 cm³/mol. The van der Waals surface area contributed by atoms with Gasteiger partial charge in [-0.25, -0.2) is 15.4 Å². The second-order valence-electron chi connectivity index (χ2n) is 3.65. The summed E-state index contributed by atoms with van der Waals surface area (Å²) in [6, 6.07) is 10.0. The van der Waals surface area contributed by atoms with E-state index in [0.29, 0.717) is 5.84 Å². The third kappa shape index (κ3) is 2.00. The van der Waals surface area contributed by atoms with Gasteiger partial charge in [0.15, 0.2) is 5.84 Å². The largest absolute Gasteiger partial charge is 0.302 e. The first-order chi connectivity index (χ1) is 8.43. The van der Waals surface area contributed by atoms with Crippen LogP contribution in [0.2, 0.25) is 0 Å². The molecule has 1 unspecified atom stereocenters. The minimum atomic E-state index is -0.0757. The molecule has 2 N–H and O–H groups in total. The van der Waals surface area contributed by atoms with Crippen molar-refractivity contribution in [3.05, 3.63) is 60.2 Å². The van der Waals surface area contributed by atoms with E-state index in [0.717, 1.165) is 11.3 Å². The highest BCUT2D eigenvalue weighted by atomic mass is 15.5. The van der Waals surface area contributed by atoms with E-state index in [4.69, 9.17) is 0 Å². The Balaban J connectivity index is 1.87. The van der Waals surface area contributed by atoms with Crippen molar-refractivity contribution in [2.75, 3.05) is 0 Å². The molecule has 1 aliphatic heterocycles. The van der Waals surface area contributed by atoms with Gasteiger partial charge in [-0.2, -0.15) is 0 Å². The van der Waals surface area contributed by atoms with Crippen molar-refractivity contribution >= 4 is 5.84 Å². The molecule has 0 aliphatic carbocycles. The summed E-state index contributed by atoms with van der Waals surface area (Å²) in [4.78, 5) is 12.7. The summed E-state index contributed by atoms with van der Waals surface area (Å²) in [5.74, 6) is 0.715. The van der Waals surface area contributed by atoms with Crippen LogP contribution in [0.1, 0.15) is 17.4 Å². The Labute approximate surface area is 98.6 Å². The number of hydrogen-bond acceptors (Lipinski definition) is 5. The molecule has 0 saturated carbocycles. The molecule has 2 aromatic rings. The summed E-state index contributed by atoms with van der Waals surface area (Å²) in [6.45, 7) is 0. The summed E-state index contributed by atoms with van der Waals surface area (Å²) in [6.07, 6.45) is 4.89. The number of nitrogens with one attached hydrogen (secondary N) is 2. The van der Waals surface area contributed by atoms with E-state index in [-0.39, 0.29) is 6.17 Å². The van der Waals surface area contributed by atoms with E-state index < -0.39 is 0 Å². The minimum absolute atomic E-state index is 0.0757. The highest BCUT2D eigenvalue weighted by Crippen LogP contribution is 2.16. The fourth-order valence-electron chi connectivity index (χ4n) is 1.68. The third-order valence-electron chi connectivity index (χ3n) is 2.51. The van der Waals surface area contributed by atoms with Crippen molar-refractivity contribution < 1.29 is 0 Å². The lowest BCUT2D eigenvalue weighted by Gasteiger charge is -2.06. The monoisotopic (exact) mass is 225 g/mol. The molecule has 5 heteroatoms. The lowest BCUT2D eigenvalue weighted by atomic mass is 10.2. The maximum Gasteiger partial charge on any atom is 0.165 e. The van der Waals surface area contributed by atoms with E-state index in [1.165, 1.54) is 0 Å². The quantitative estimate of drug-likeness (QED) is 0.801. The number of aliphatic imine (C=N–C) groups is 1. The molecule has 5 nitrogen and oxygen atoms in total. The van der Waals surface area contributed by atoms with Crippen molar-refractivity contribution in [1.82, 2.24) is 20.8 Å². The van der Waals surface area contributed by atoms with Gasteiger partial charge < -0.3 is 5.43 Å². The topological polar surface area (TPSA) is 62.2 Å². The number of benzene rings is 1. The van der Waals surface area contributed by atoms with Crippen molar-refractivity contribution in [2.45, 2.75) is 6.17 Å². The summed E-state index contributed by atoms with van der Waals surface area (Å²) < 4.78 is 0. The Morgan fingerprint density at radius 1 is 1.06 bits per heavy atom. The molecule has 0 bridgehead atoms. The summed E-state index contributed by atoms with van der Waals surface area (Å²) in [5, 5.41) is 0. The predicted octanol–water partition coefficient (Wildman–Crippen LogP) is 1.03.